The summed E-state index contributed by atoms with van der Waals surface area (Å²) in [4.78, 5) is 42.8. The standard InChI is InChI=1S/C32H46F2N4O7S2/c1-5-8-25(9-6-2)47(44,45)19-28(38-31(42)22-10-7-12-35-18-22)32(43)37-27(16-21-14-23(33)17-24(34)15-21)30(41)29(40)26(11-13-46-4)36-20(3)39/h7,10,12,14-15,17-18,25-30,40-41H,5-6,8-9,11,13,16,19H2,1-4H3,(H,36,39)(H,37,43)(H,38,42)/t26-,27+,28-,29-,30-/m1/s1. The molecule has 5 N–H and O–H groups in total. The number of amides is 3. The molecular weight excluding hydrogens is 655 g/mol. The molecule has 11 nitrogen and oxygen atoms in total. The predicted molar refractivity (Wildman–Crippen MR) is 177 cm³/mol. The number of nitrogens with one attached hydrogen (secondary N) is 3. The van der Waals surface area contributed by atoms with Crippen LogP contribution in [0.4, 0.5) is 8.78 Å². The van der Waals surface area contributed by atoms with Crippen LogP contribution in [0.1, 0.15) is 68.8 Å². The summed E-state index contributed by atoms with van der Waals surface area (Å²) in [7, 11) is -3.95. The number of nitrogens with zero attached hydrogens (tertiary/aromatic N) is 1. The van der Waals surface area contributed by atoms with E-state index in [9.17, 15) is 41.8 Å². The Morgan fingerprint density at radius 1 is 0.936 bits per heavy atom. The molecule has 262 valence electrons. The Kier molecular flexibility index (Phi) is 16.7. The van der Waals surface area contributed by atoms with E-state index in [0.717, 1.165) is 12.1 Å². The predicted octanol–water partition coefficient (Wildman–Crippen LogP) is 2.55. The molecule has 3 amide bonds. The zero-order valence-corrected chi connectivity index (χ0v) is 28.8. The Morgan fingerprint density at radius 3 is 2.09 bits per heavy atom. The highest BCUT2D eigenvalue weighted by atomic mass is 32.2. The number of aliphatic hydroxyl groups excluding tert-OH is 2. The summed E-state index contributed by atoms with van der Waals surface area (Å²) in [5, 5.41) is 29.4. The van der Waals surface area contributed by atoms with Gasteiger partial charge in [0.2, 0.25) is 11.8 Å². The summed E-state index contributed by atoms with van der Waals surface area (Å²) in [6, 6.07) is 1.52. The summed E-state index contributed by atoms with van der Waals surface area (Å²) < 4.78 is 55.4. The lowest BCUT2D eigenvalue weighted by atomic mass is 9.92. The molecule has 0 bridgehead atoms. The van der Waals surface area contributed by atoms with Crippen LogP contribution in [0.2, 0.25) is 0 Å². The molecule has 0 saturated carbocycles. The number of aromatic nitrogens is 1. The van der Waals surface area contributed by atoms with Crippen LogP contribution in [0, 0.1) is 11.6 Å². The third-order valence-electron chi connectivity index (χ3n) is 7.58. The molecule has 0 saturated heterocycles. The highest BCUT2D eigenvalue weighted by Gasteiger charge is 2.37. The van der Waals surface area contributed by atoms with Gasteiger partial charge in [-0.15, -0.1) is 0 Å². The molecule has 0 spiro atoms. The molecule has 15 heteroatoms. The molecule has 0 aliphatic carbocycles. The molecule has 2 rings (SSSR count). The van der Waals surface area contributed by atoms with Crippen molar-refractivity contribution < 1.29 is 41.8 Å². The first kappa shape index (κ1) is 40.0. The fourth-order valence-electron chi connectivity index (χ4n) is 5.27. The second-order valence-corrected chi connectivity index (χ2v) is 14.8. The van der Waals surface area contributed by atoms with E-state index in [1.54, 1.807) is 0 Å². The number of hydrogen-bond acceptors (Lipinski definition) is 9. The smallest absolute Gasteiger partial charge is 0.253 e. The van der Waals surface area contributed by atoms with E-state index in [0.29, 0.717) is 37.5 Å². The summed E-state index contributed by atoms with van der Waals surface area (Å²) in [5.74, 6) is -4.36. The number of aliphatic hydroxyl groups is 2. The van der Waals surface area contributed by atoms with E-state index < -0.39 is 87.0 Å². The number of rotatable bonds is 20. The van der Waals surface area contributed by atoms with Gasteiger partial charge in [0.05, 0.1) is 28.6 Å². The average molecular weight is 701 g/mol. The zero-order valence-electron chi connectivity index (χ0n) is 27.1. The van der Waals surface area contributed by atoms with E-state index in [-0.39, 0.29) is 17.5 Å². The van der Waals surface area contributed by atoms with Gasteiger partial charge >= 0.3 is 0 Å². The van der Waals surface area contributed by atoms with Crippen LogP contribution in [-0.2, 0) is 25.8 Å². The van der Waals surface area contributed by atoms with Crippen molar-refractivity contribution in [3.63, 3.8) is 0 Å². The number of thioether (sulfide) groups is 1. The molecule has 2 aromatic rings. The van der Waals surface area contributed by atoms with Crippen molar-refractivity contribution in [3.05, 3.63) is 65.5 Å². The maximum Gasteiger partial charge on any atom is 0.253 e. The topological polar surface area (TPSA) is 175 Å². The molecule has 0 fully saturated rings. The van der Waals surface area contributed by atoms with Gasteiger partial charge in [0, 0.05) is 25.4 Å². The summed E-state index contributed by atoms with van der Waals surface area (Å²) >= 11 is 1.43. The van der Waals surface area contributed by atoms with Crippen LogP contribution in [0.3, 0.4) is 0 Å². The zero-order chi connectivity index (χ0) is 35.1. The van der Waals surface area contributed by atoms with Gasteiger partial charge < -0.3 is 26.2 Å². The van der Waals surface area contributed by atoms with Crippen molar-refractivity contribution in [2.24, 2.45) is 0 Å². The van der Waals surface area contributed by atoms with E-state index in [1.165, 1.54) is 43.2 Å². The number of hydrogen-bond donors (Lipinski definition) is 5. The van der Waals surface area contributed by atoms with Gasteiger partial charge in [0.1, 0.15) is 29.9 Å². The molecule has 0 aliphatic rings. The van der Waals surface area contributed by atoms with E-state index in [2.05, 4.69) is 20.9 Å². The van der Waals surface area contributed by atoms with Crippen molar-refractivity contribution in [1.82, 2.24) is 20.9 Å². The highest BCUT2D eigenvalue weighted by Crippen LogP contribution is 2.19. The van der Waals surface area contributed by atoms with E-state index in [1.807, 2.05) is 20.1 Å². The van der Waals surface area contributed by atoms with Crippen molar-refractivity contribution >= 4 is 39.3 Å². The Hall–Kier alpha value is -3.14. The first-order valence-corrected chi connectivity index (χ1v) is 18.6. The van der Waals surface area contributed by atoms with Crippen molar-refractivity contribution in [1.29, 1.82) is 0 Å². The lowest BCUT2D eigenvalue weighted by Crippen LogP contribution is -2.60. The second-order valence-electron chi connectivity index (χ2n) is 11.5. The van der Waals surface area contributed by atoms with Crippen molar-refractivity contribution in [3.8, 4) is 0 Å². The summed E-state index contributed by atoms with van der Waals surface area (Å²) in [5.41, 5.74) is 0.0873. The molecule has 47 heavy (non-hydrogen) atoms. The molecule has 1 aromatic carbocycles. The SMILES string of the molecule is CCCC(CCC)S(=O)(=O)C[C@@H](NC(=O)c1cccnc1)C(=O)N[C@@H](Cc1cc(F)cc(F)c1)[C@@H](O)[C@H](O)[C@@H](CCSC)NC(C)=O. The lowest BCUT2D eigenvalue weighted by Gasteiger charge is -2.33. The minimum Gasteiger partial charge on any atom is -0.388 e. The largest absolute Gasteiger partial charge is 0.388 e. The molecule has 0 unspecified atom stereocenters. The van der Waals surface area contributed by atoms with Crippen LogP contribution in [0.5, 0.6) is 0 Å². The van der Waals surface area contributed by atoms with Crippen LogP contribution in [0.25, 0.3) is 0 Å². The first-order chi connectivity index (χ1) is 22.2. The van der Waals surface area contributed by atoms with Gasteiger partial charge in [-0.2, -0.15) is 11.8 Å². The molecular formula is C32H46F2N4O7S2. The molecule has 1 aromatic heterocycles. The average Bonchev–Trinajstić information content (AvgIpc) is 3.01. The van der Waals surface area contributed by atoms with Gasteiger partial charge in [0.25, 0.3) is 5.91 Å². The van der Waals surface area contributed by atoms with Gasteiger partial charge in [-0.3, -0.25) is 19.4 Å². The fraction of sp³-hybridized carbons (Fsp3) is 0.562. The number of benzene rings is 1. The van der Waals surface area contributed by atoms with Gasteiger partial charge in [-0.1, -0.05) is 26.7 Å². The normalized spacial score (nSPS) is 14.9. The molecule has 5 atom stereocenters. The van der Waals surface area contributed by atoms with E-state index in [4.69, 9.17) is 0 Å². The number of carbonyl (C=O) groups excluding carboxylic acids is 3. The van der Waals surface area contributed by atoms with Crippen LogP contribution in [0.15, 0.2) is 42.7 Å². The van der Waals surface area contributed by atoms with Gasteiger partial charge in [-0.25, -0.2) is 17.2 Å². The van der Waals surface area contributed by atoms with Crippen LogP contribution in [-0.4, -0.2) is 94.7 Å². The Bertz CT molecular complexity index is 1390. The lowest BCUT2D eigenvalue weighted by molar-refractivity contribution is -0.126. The maximum atomic E-state index is 14.1. The maximum absolute atomic E-state index is 14.1. The number of pyridine rings is 1. The first-order valence-electron chi connectivity index (χ1n) is 15.5. The Balaban J connectivity index is 2.52. The fourth-order valence-corrected chi connectivity index (χ4v) is 7.92. The Morgan fingerprint density at radius 2 is 1.55 bits per heavy atom. The number of sulfone groups is 1. The number of halogens is 2. The number of carbonyl (C=O) groups is 3. The minimum atomic E-state index is -3.95. The molecule has 0 radical (unpaired) electrons. The van der Waals surface area contributed by atoms with Crippen LogP contribution < -0.4 is 16.0 Å². The van der Waals surface area contributed by atoms with Crippen LogP contribution >= 0.6 is 11.8 Å². The monoisotopic (exact) mass is 700 g/mol. The van der Waals surface area contributed by atoms with E-state index >= 15 is 0 Å². The van der Waals surface area contributed by atoms with Crippen molar-refractivity contribution in [2.45, 2.75) is 94.9 Å². The summed E-state index contributed by atoms with van der Waals surface area (Å²) in [6.45, 7) is 4.92. The quantitative estimate of drug-likeness (QED) is 0.139. The third-order valence-corrected chi connectivity index (χ3v) is 10.5. The highest BCUT2D eigenvalue weighted by molar-refractivity contribution is 7.98. The summed E-state index contributed by atoms with van der Waals surface area (Å²) in [6.07, 6.45) is 2.74. The van der Waals surface area contributed by atoms with Gasteiger partial charge in [-0.05, 0) is 67.5 Å². The Labute approximate surface area is 279 Å². The molecule has 0 aliphatic heterocycles. The minimum absolute atomic E-state index is 0.0220. The van der Waals surface area contributed by atoms with Gasteiger partial charge in [0.15, 0.2) is 9.84 Å². The molecule has 1 heterocycles. The van der Waals surface area contributed by atoms with Crippen molar-refractivity contribution in [2.75, 3.05) is 17.8 Å². The second kappa shape index (κ2) is 19.6. The third kappa shape index (κ3) is 13.1.